The number of hydrogen-bond acceptors (Lipinski definition) is 8. The van der Waals surface area contributed by atoms with E-state index in [1.807, 2.05) is 0 Å². The summed E-state index contributed by atoms with van der Waals surface area (Å²) >= 11 is 1.86. The van der Waals surface area contributed by atoms with Gasteiger partial charge in [0.05, 0.1) is 28.8 Å². The van der Waals surface area contributed by atoms with Gasteiger partial charge in [-0.3, -0.25) is 23.7 Å². The molecular formula is C30H28F3N3O6S2. The van der Waals surface area contributed by atoms with Crippen molar-refractivity contribution in [3.63, 3.8) is 0 Å². The normalized spacial score (nSPS) is 21.8. The number of nitrogens with zero attached hydrogens (tertiary/aromatic N) is 3. The Morgan fingerprint density at radius 2 is 1.80 bits per heavy atom. The maximum Gasteiger partial charge on any atom is 0.416 e. The van der Waals surface area contributed by atoms with Crippen LogP contribution >= 0.6 is 23.1 Å². The number of halogens is 3. The molecule has 6 rings (SSSR count). The number of likely N-dealkylation sites (tertiary alicyclic amines) is 1. The molecule has 3 amide bonds. The summed E-state index contributed by atoms with van der Waals surface area (Å²) in [6.45, 7) is 2.91. The summed E-state index contributed by atoms with van der Waals surface area (Å²) in [6, 6.07) is 8.54. The Balaban J connectivity index is 1.46. The van der Waals surface area contributed by atoms with Gasteiger partial charge in [-0.05, 0) is 62.1 Å². The lowest BCUT2D eigenvalue weighted by Crippen LogP contribution is -2.39. The number of aromatic hydroxyl groups is 1. The number of aromatic nitrogens is 1. The molecule has 0 spiro atoms. The fourth-order valence-corrected chi connectivity index (χ4v) is 8.84. The SMILES string of the molecule is CCOc1cc([C@@H]2c3sc(=O)n(CC(=O)N4CCCCC4)c3S[C@@H]3C(=O)N(c4cccc(C(F)(F)F)c4)C(=O)[C@H]23)ccc1O. The molecule has 9 nitrogen and oxygen atoms in total. The molecule has 0 aliphatic carbocycles. The molecule has 0 radical (unpaired) electrons. The molecule has 44 heavy (non-hydrogen) atoms. The van der Waals surface area contributed by atoms with Crippen LogP contribution in [0.2, 0.25) is 0 Å². The maximum atomic E-state index is 14.0. The van der Waals surface area contributed by atoms with Crippen LogP contribution in [0.3, 0.4) is 0 Å². The number of carbonyl (C=O) groups is 3. The molecule has 2 aromatic carbocycles. The predicted octanol–water partition coefficient (Wildman–Crippen LogP) is 4.84. The first-order valence-corrected chi connectivity index (χ1v) is 15.9. The number of piperidine rings is 1. The van der Waals surface area contributed by atoms with E-state index in [1.54, 1.807) is 24.0 Å². The van der Waals surface area contributed by atoms with Crippen molar-refractivity contribution >= 4 is 46.5 Å². The fourth-order valence-electron chi connectivity index (χ4n) is 6.06. The van der Waals surface area contributed by atoms with Gasteiger partial charge in [0.25, 0.3) is 0 Å². The molecule has 3 aliphatic rings. The lowest BCUT2D eigenvalue weighted by Gasteiger charge is -2.31. The quantitative estimate of drug-likeness (QED) is 0.382. The topological polar surface area (TPSA) is 109 Å². The minimum absolute atomic E-state index is 0.139. The highest BCUT2D eigenvalue weighted by Crippen LogP contribution is 2.54. The number of hydrogen-bond donors (Lipinski definition) is 1. The van der Waals surface area contributed by atoms with Crippen molar-refractivity contribution < 1.29 is 37.4 Å². The van der Waals surface area contributed by atoms with Crippen molar-refractivity contribution in [3.8, 4) is 11.5 Å². The number of ether oxygens (including phenoxy) is 1. The Hall–Kier alpha value is -3.78. The third kappa shape index (κ3) is 5.27. The highest BCUT2D eigenvalue weighted by Gasteiger charge is 2.57. The summed E-state index contributed by atoms with van der Waals surface area (Å²) < 4.78 is 47.5. The molecule has 1 aromatic heterocycles. The zero-order valence-corrected chi connectivity index (χ0v) is 25.1. The van der Waals surface area contributed by atoms with Gasteiger partial charge in [-0.15, -0.1) is 0 Å². The van der Waals surface area contributed by atoms with Crippen LogP contribution in [0.25, 0.3) is 0 Å². The molecule has 1 N–H and O–H groups in total. The van der Waals surface area contributed by atoms with E-state index in [0.29, 0.717) is 28.6 Å². The average molecular weight is 648 g/mol. The number of alkyl halides is 3. The van der Waals surface area contributed by atoms with E-state index in [2.05, 4.69) is 0 Å². The van der Waals surface area contributed by atoms with Crippen molar-refractivity contribution in [2.45, 2.75) is 55.1 Å². The molecule has 3 atom stereocenters. The number of phenolic OH excluding ortho intramolecular Hbond substituents is 1. The molecule has 2 fully saturated rings. The summed E-state index contributed by atoms with van der Waals surface area (Å²) in [4.78, 5) is 57.0. The van der Waals surface area contributed by atoms with E-state index in [0.717, 1.165) is 65.5 Å². The van der Waals surface area contributed by atoms with Crippen LogP contribution < -0.4 is 14.5 Å². The van der Waals surface area contributed by atoms with Gasteiger partial charge in [-0.25, -0.2) is 4.90 Å². The van der Waals surface area contributed by atoms with Crippen LogP contribution in [-0.2, 0) is 27.1 Å². The summed E-state index contributed by atoms with van der Waals surface area (Å²) in [6.07, 6.45) is -1.93. The zero-order valence-electron chi connectivity index (χ0n) is 23.5. The van der Waals surface area contributed by atoms with Gasteiger partial charge < -0.3 is 14.7 Å². The molecule has 232 valence electrons. The van der Waals surface area contributed by atoms with Crippen molar-refractivity contribution in [1.29, 1.82) is 0 Å². The van der Waals surface area contributed by atoms with Crippen molar-refractivity contribution in [2.24, 2.45) is 5.92 Å². The molecular weight excluding hydrogens is 619 g/mol. The van der Waals surface area contributed by atoms with Crippen LogP contribution in [0.1, 0.15) is 48.1 Å². The number of carbonyl (C=O) groups excluding carboxylic acids is 3. The summed E-state index contributed by atoms with van der Waals surface area (Å²) in [7, 11) is 0. The van der Waals surface area contributed by atoms with Crippen molar-refractivity contribution in [3.05, 3.63) is 68.1 Å². The zero-order chi connectivity index (χ0) is 31.3. The molecule has 0 bridgehead atoms. The third-order valence-electron chi connectivity index (χ3n) is 8.13. The van der Waals surface area contributed by atoms with Crippen molar-refractivity contribution in [2.75, 3.05) is 24.6 Å². The second-order valence-electron chi connectivity index (χ2n) is 10.8. The lowest BCUT2D eigenvalue weighted by molar-refractivity contribution is -0.137. The minimum Gasteiger partial charge on any atom is -0.504 e. The number of anilines is 1. The van der Waals surface area contributed by atoms with E-state index in [-0.39, 0.29) is 36.2 Å². The fraction of sp³-hybridized carbons (Fsp3) is 0.400. The number of thioether (sulfide) groups is 1. The summed E-state index contributed by atoms with van der Waals surface area (Å²) in [5.74, 6) is -3.59. The van der Waals surface area contributed by atoms with E-state index in [1.165, 1.54) is 16.7 Å². The van der Waals surface area contributed by atoms with Gasteiger partial charge in [-0.2, -0.15) is 13.2 Å². The van der Waals surface area contributed by atoms with E-state index < -0.39 is 45.5 Å². The van der Waals surface area contributed by atoms with Gasteiger partial charge in [-0.1, -0.05) is 35.2 Å². The maximum absolute atomic E-state index is 14.0. The first kappa shape index (κ1) is 30.3. The first-order valence-electron chi connectivity index (χ1n) is 14.2. The Labute approximate surface area is 258 Å². The Morgan fingerprint density at radius 3 is 2.50 bits per heavy atom. The number of phenols is 1. The van der Waals surface area contributed by atoms with Crippen LogP contribution in [0, 0.1) is 5.92 Å². The Morgan fingerprint density at radius 1 is 1.05 bits per heavy atom. The van der Waals surface area contributed by atoms with Crippen LogP contribution in [-0.4, -0.2) is 57.2 Å². The van der Waals surface area contributed by atoms with Gasteiger partial charge in [0.1, 0.15) is 11.8 Å². The monoisotopic (exact) mass is 647 g/mol. The third-order valence-corrected chi connectivity index (χ3v) is 10.7. The van der Waals surface area contributed by atoms with Gasteiger partial charge in [0.15, 0.2) is 11.5 Å². The second kappa shape index (κ2) is 11.6. The molecule has 3 aliphatic heterocycles. The molecule has 14 heteroatoms. The number of benzene rings is 2. The van der Waals surface area contributed by atoms with Crippen LogP contribution in [0.5, 0.6) is 11.5 Å². The van der Waals surface area contributed by atoms with Gasteiger partial charge in [0, 0.05) is 23.9 Å². The van der Waals surface area contributed by atoms with Gasteiger partial charge >= 0.3 is 11.0 Å². The molecule has 0 unspecified atom stereocenters. The smallest absolute Gasteiger partial charge is 0.416 e. The molecule has 3 aromatic rings. The van der Waals surface area contributed by atoms with Gasteiger partial charge in [0.2, 0.25) is 17.7 Å². The average Bonchev–Trinajstić information content (AvgIpc) is 3.44. The molecule has 0 saturated carbocycles. The number of thiazole rings is 1. The highest BCUT2D eigenvalue weighted by molar-refractivity contribution is 8.00. The summed E-state index contributed by atoms with van der Waals surface area (Å²) in [5, 5.41) is 9.64. The number of fused-ring (bicyclic) bond motifs is 2. The van der Waals surface area contributed by atoms with Crippen molar-refractivity contribution in [1.82, 2.24) is 9.47 Å². The Kier molecular flexibility index (Phi) is 7.99. The van der Waals surface area contributed by atoms with E-state index in [4.69, 9.17) is 4.74 Å². The van der Waals surface area contributed by atoms with Crippen LogP contribution in [0.15, 0.2) is 52.3 Å². The van der Waals surface area contributed by atoms with E-state index >= 15 is 0 Å². The summed E-state index contributed by atoms with van der Waals surface area (Å²) in [5.41, 5.74) is -0.727. The minimum atomic E-state index is -4.69. The van der Waals surface area contributed by atoms with Crippen LogP contribution in [0.4, 0.5) is 18.9 Å². The predicted molar refractivity (Wildman–Crippen MR) is 157 cm³/mol. The standard InChI is InChI=1S/C30H28F3N3O6S2/c1-2-42-20-13-16(9-10-19(20)37)22-23-24(27(40)36(26(23)39)18-8-6-7-17(14-18)30(31,32)33)43-28-25(22)44-29(41)35(28)15-21(38)34-11-4-3-5-12-34/h6-10,13-14,22-24,37H,2-5,11-12,15H2,1H3/t22-,23+,24-/m0/s1. The number of rotatable bonds is 6. The lowest BCUT2D eigenvalue weighted by atomic mass is 9.83. The largest absolute Gasteiger partial charge is 0.504 e. The second-order valence-corrected chi connectivity index (χ2v) is 13.0. The molecule has 2 saturated heterocycles. The molecule has 4 heterocycles. The Bertz CT molecular complexity index is 1700. The van der Waals surface area contributed by atoms with E-state index in [9.17, 15) is 37.5 Å². The number of imide groups is 1. The highest BCUT2D eigenvalue weighted by atomic mass is 32.2. The number of amides is 3. The first-order chi connectivity index (χ1) is 21.0.